The molecule has 5 nitrogen and oxygen atoms in total. The van der Waals surface area contributed by atoms with Crippen molar-refractivity contribution >= 4 is 33.8 Å². The molecule has 1 amide bonds. The van der Waals surface area contributed by atoms with Crippen LogP contribution in [-0.2, 0) is 17.8 Å². The van der Waals surface area contributed by atoms with Crippen molar-refractivity contribution in [2.45, 2.75) is 33.8 Å². The van der Waals surface area contributed by atoms with Crippen LogP contribution in [0.15, 0.2) is 47.8 Å². The standard InChI is InChI=1S/C22H21FN2O3S/c1-4-16-7-5-6-8-21(16)25(15(3)27)22-24-17(13-29-22)12-28-18-9-10-19(14(2)26)20(23)11-18/h5-11,13H,4,12H2,1-3H3. The fourth-order valence-electron chi connectivity index (χ4n) is 2.93. The third kappa shape index (κ3) is 4.68. The minimum atomic E-state index is -0.618. The van der Waals surface area contributed by atoms with Crippen molar-refractivity contribution in [3.63, 3.8) is 0 Å². The van der Waals surface area contributed by atoms with Gasteiger partial charge >= 0.3 is 0 Å². The quantitative estimate of drug-likeness (QED) is 0.494. The largest absolute Gasteiger partial charge is 0.487 e. The van der Waals surface area contributed by atoms with Crippen molar-refractivity contribution in [1.82, 2.24) is 4.98 Å². The Balaban J connectivity index is 1.78. The number of ketones is 1. The van der Waals surface area contributed by atoms with Crippen LogP contribution in [0, 0.1) is 5.82 Å². The minimum Gasteiger partial charge on any atom is -0.487 e. The van der Waals surface area contributed by atoms with Crippen LogP contribution in [0.2, 0.25) is 0 Å². The summed E-state index contributed by atoms with van der Waals surface area (Å²) in [5.41, 5.74) is 2.52. The molecule has 0 spiro atoms. The molecule has 3 aromatic rings. The Labute approximate surface area is 172 Å². The summed E-state index contributed by atoms with van der Waals surface area (Å²) in [5.74, 6) is -0.779. The first-order valence-corrected chi connectivity index (χ1v) is 10.0. The van der Waals surface area contributed by atoms with Gasteiger partial charge in [0.25, 0.3) is 0 Å². The molecule has 2 aromatic carbocycles. The van der Waals surface area contributed by atoms with E-state index in [4.69, 9.17) is 4.74 Å². The van der Waals surface area contributed by atoms with E-state index in [9.17, 15) is 14.0 Å². The Morgan fingerprint density at radius 3 is 2.59 bits per heavy atom. The Kier molecular flexibility index (Phi) is 6.39. The number of carbonyl (C=O) groups is 2. The van der Waals surface area contributed by atoms with E-state index in [0.29, 0.717) is 16.6 Å². The Bertz CT molecular complexity index is 1050. The zero-order chi connectivity index (χ0) is 21.0. The van der Waals surface area contributed by atoms with Crippen LogP contribution in [0.3, 0.4) is 0 Å². The maximum Gasteiger partial charge on any atom is 0.230 e. The van der Waals surface area contributed by atoms with Crippen molar-refractivity contribution < 1.29 is 18.7 Å². The van der Waals surface area contributed by atoms with Gasteiger partial charge in [-0.05, 0) is 37.1 Å². The molecule has 0 N–H and O–H groups in total. The molecule has 0 unspecified atom stereocenters. The van der Waals surface area contributed by atoms with E-state index in [2.05, 4.69) is 4.98 Å². The Hall–Kier alpha value is -3.06. The predicted octanol–water partition coefficient (Wildman–Crippen LogP) is 5.31. The number of benzene rings is 2. The van der Waals surface area contributed by atoms with Gasteiger partial charge in [0.05, 0.1) is 16.9 Å². The third-order valence-corrected chi connectivity index (χ3v) is 5.24. The summed E-state index contributed by atoms with van der Waals surface area (Å²) in [6, 6.07) is 11.9. The maximum absolute atomic E-state index is 13.9. The van der Waals surface area contributed by atoms with Crippen molar-refractivity contribution in [2.24, 2.45) is 0 Å². The van der Waals surface area contributed by atoms with Gasteiger partial charge in [-0.1, -0.05) is 25.1 Å². The lowest BCUT2D eigenvalue weighted by atomic mass is 10.1. The van der Waals surface area contributed by atoms with E-state index in [1.165, 1.54) is 37.3 Å². The molecule has 3 rings (SSSR count). The molecule has 0 aliphatic rings. The van der Waals surface area contributed by atoms with Gasteiger partial charge in [-0.15, -0.1) is 11.3 Å². The Morgan fingerprint density at radius 1 is 1.17 bits per heavy atom. The molecule has 0 saturated heterocycles. The number of hydrogen-bond donors (Lipinski definition) is 0. The summed E-state index contributed by atoms with van der Waals surface area (Å²) in [4.78, 5) is 29.7. The van der Waals surface area contributed by atoms with Gasteiger partial charge in [0.1, 0.15) is 18.2 Å². The zero-order valence-corrected chi connectivity index (χ0v) is 17.3. The number of aryl methyl sites for hydroxylation is 1. The van der Waals surface area contributed by atoms with E-state index in [1.807, 2.05) is 31.2 Å². The average molecular weight is 412 g/mol. The molecule has 7 heteroatoms. The summed E-state index contributed by atoms with van der Waals surface area (Å²) in [7, 11) is 0. The smallest absolute Gasteiger partial charge is 0.230 e. The number of carbonyl (C=O) groups excluding carboxylic acids is 2. The normalized spacial score (nSPS) is 10.6. The van der Waals surface area contributed by atoms with Crippen LogP contribution in [0.25, 0.3) is 0 Å². The van der Waals surface area contributed by atoms with Gasteiger partial charge in [0.2, 0.25) is 5.91 Å². The number of rotatable bonds is 7. The number of Topliss-reactive ketones (excluding diaryl/α,β-unsaturated/α-hetero) is 1. The van der Waals surface area contributed by atoms with Crippen LogP contribution in [0.5, 0.6) is 5.75 Å². The second-order valence-corrected chi connectivity index (χ2v) is 7.28. The number of anilines is 2. The number of para-hydroxylation sites is 1. The summed E-state index contributed by atoms with van der Waals surface area (Å²) in [6.45, 7) is 4.97. The Morgan fingerprint density at radius 2 is 1.93 bits per heavy atom. The van der Waals surface area contributed by atoms with E-state index in [0.717, 1.165) is 17.7 Å². The maximum atomic E-state index is 13.9. The zero-order valence-electron chi connectivity index (χ0n) is 16.4. The molecule has 150 valence electrons. The number of thiazole rings is 1. The van der Waals surface area contributed by atoms with Crippen molar-refractivity contribution in [2.75, 3.05) is 4.90 Å². The number of hydrogen-bond acceptors (Lipinski definition) is 5. The predicted molar refractivity (Wildman–Crippen MR) is 111 cm³/mol. The summed E-state index contributed by atoms with van der Waals surface area (Å²) < 4.78 is 19.5. The van der Waals surface area contributed by atoms with Gasteiger partial charge in [0, 0.05) is 18.4 Å². The minimum absolute atomic E-state index is 0.0278. The van der Waals surface area contributed by atoms with Crippen molar-refractivity contribution in [1.29, 1.82) is 0 Å². The van der Waals surface area contributed by atoms with E-state index < -0.39 is 5.82 Å². The highest BCUT2D eigenvalue weighted by Crippen LogP contribution is 2.32. The molecule has 0 aliphatic heterocycles. The van der Waals surface area contributed by atoms with Crippen LogP contribution < -0.4 is 9.64 Å². The fourth-order valence-corrected chi connectivity index (χ4v) is 3.79. The van der Waals surface area contributed by atoms with Gasteiger partial charge < -0.3 is 4.74 Å². The first-order chi connectivity index (χ1) is 13.9. The van der Waals surface area contributed by atoms with E-state index >= 15 is 0 Å². The molecule has 1 aromatic heterocycles. The van der Waals surface area contributed by atoms with Gasteiger partial charge in [0.15, 0.2) is 10.9 Å². The highest BCUT2D eigenvalue weighted by molar-refractivity contribution is 7.14. The highest BCUT2D eigenvalue weighted by Gasteiger charge is 2.20. The number of ether oxygens (including phenoxy) is 1. The summed E-state index contributed by atoms with van der Waals surface area (Å²) in [6.07, 6.45) is 0.795. The van der Waals surface area contributed by atoms with E-state index in [1.54, 1.807) is 16.3 Å². The molecule has 0 saturated carbocycles. The lowest BCUT2D eigenvalue weighted by Crippen LogP contribution is -2.23. The van der Waals surface area contributed by atoms with Crippen LogP contribution in [0.4, 0.5) is 15.2 Å². The third-order valence-electron chi connectivity index (χ3n) is 4.37. The number of nitrogens with zero attached hydrogens (tertiary/aromatic N) is 2. The molecular weight excluding hydrogens is 391 g/mol. The molecule has 0 fully saturated rings. The first kappa shape index (κ1) is 20.7. The van der Waals surface area contributed by atoms with Crippen LogP contribution in [0.1, 0.15) is 42.4 Å². The highest BCUT2D eigenvalue weighted by atomic mass is 32.1. The van der Waals surface area contributed by atoms with Gasteiger partial charge in [-0.3, -0.25) is 14.5 Å². The SMILES string of the molecule is CCc1ccccc1N(C(C)=O)c1nc(COc2ccc(C(C)=O)c(F)c2)cs1. The lowest BCUT2D eigenvalue weighted by molar-refractivity contribution is -0.115. The van der Waals surface area contributed by atoms with Gasteiger partial charge in [-0.2, -0.15) is 0 Å². The molecular formula is C22H21FN2O3S. The summed E-state index contributed by atoms with van der Waals surface area (Å²) >= 11 is 1.34. The molecule has 0 radical (unpaired) electrons. The first-order valence-electron chi connectivity index (χ1n) is 9.17. The van der Waals surface area contributed by atoms with Crippen molar-refractivity contribution in [3.05, 3.63) is 70.5 Å². The summed E-state index contributed by atoms with van der Waals surface area (Å²) in [5, 5.41) is 2.36. The topological polar surface area (TPSA) is 59.5 Å². The van der Waals surface area contributed by atoms with Crippen LogP contribution in [-0.4, -0.2) is 16.7 Å². The molecule has 0 aliphatic carbocycles. The second-order valence-electron chi connectivity index (χ2n) is 6.44. The molecule has 0 bridgehead atoms. The molecule has 0 atom stereocenters. The van der Waals surface area contributed by atoms with Crippen molar-refractivity contribution in [3.8, 4) is 5.75 Å². The van der Waals surface area contributed by atoms with Crippen LogP contribution >= 0.6 is 11.3 Å². The number of amides is 1. The van der Waals surface area contributed by atoms with Gasteiger partial charge in [-0.25, -0.2) is 9.37 Å². The number of aromatic nitrogens is 1. The number of halogens is 1. The average Bonchev–Trinajstić information content (AvgIpc) is 3.15. The molecule has 1 heterocycles. The van der Waals surface area contributed by atoms with E-state index in [-0.39, 0.29) is 23.9 Å². The fraction of sp³-hybridized carbons (Fsp3) is 0.227. The lowest BCUT2D eigenvalue weighted by Gasteiger charge is -2.21. The molecule has 29 heavy (non-hydrogen) atoms. The monoisotopic (exact) mass is 412 g/mol. The second kappa shape index (κ2) is 8.96.